The zero-order valence-electron chi connectivity index (χ0n) is 12.5. The van der Waals surface area contributed by atoms with Crippen LogP contribution in [0.3, 0.4) is 0 Å². The first kappa shape index (κ1) is 14.5. The molecule has 1 aromatic rings. The monoisotopic (exact) mass is 294 g/mol. The lowest BCUT2D eigenvalue weighted by Gasteiger charge is -2.43. The van der Waals surface area contributed by atoms with E-state index in [1.54, 1.807) is 0 Å². The second-order valence-electron chi connectivity index (χ2n) is 6.15. The van der Waals surface area contributed by atoms with Gasteiger partial charge in [0.2, 0.25) is 0 Å². The van der Waals surface area contributed by atoms with Crippen molar-refractivity contribution < 1.29 is 4.42 Å². The van der Waals surface area contributed by atoms with Gasteiger partial charge in [-0.15, -0.1) is 0 Å². The highest BCUT2D eigenvalue weighted by atomic mass is 32.2. The third kappa shape index (κ3) is 3.23. The van der Waals surface area contributed by atoms with E-state index in [4.69, 9.17) is 4.42 Å². The molecule has 0 bridgehead atoms. The van der Waals surface area contributed by atoms with Crippen molar-refractivity contribution >= 4 is 11.8 Å². The van der Waals surface area contributed by atoms with Gasteiger partial charge in [0, 0.05) is 36.7 Å². The highest BCUT2D eigenvalue weighted by molar-refractivity contribution is 7.99. The van der Waals surface area contributed by atoms with Crippen LogP contribution in [-0.4, -0.2) is 41.6 Å². The van der Waals surface area contributed by atoms with Crippen LogP contribution in [0.1, 0.15) is 37.2 Å². The molecule has 20 heavy (non-hydrogen) atoms. The average molecular weight is 294 g/mol. The summed E-state index contributed by atoms with van der Waals surface area (Å²) in [6, 6.07) is 4.13. The number of furan rings is 1. The lowest BCUT2D eigenvalue weighted by atomic mass is 9.94. The lowest BCUT2D eigenvalue weighted by Crippen LogP contribution is -2.55. The highest BCUT2D eigenvalue weighted by Crippen LogP contribution is 2.36. The SMILES string of the molecule is Cc1ccc(CNCC2(N3CCSCC3)CCCC2)o1. The van der Waals surface area contributed by atoms with Gasteiger partial charge >= 0.3 is 0 Å². The molecule has 1 N–H and O–H groups in total. The van der Waals surface area contributed by atoms with Crippen LogP contribution in [0, 0.1) is 6.92 Å². The summed E-state index contributed by atoms with van der Waals surface area (Å²) in [5.74, 6) is 4.67. The first-order valence-corrected chi connectivity index (χ1v) is 9.03. The van der Waals surface area contributed by atoms with E-state index in [1.807, 2.05) is 13.0 Å². The molecule has 1 aliphatic heterocycles. The number of nitrogens with one attached hydrogen (secondary N) is 1. The number of thioether (sulfide) groups is 1. The molecule has 1 saturated heterocycles. The Morgan fingerprint density at radius 3 is 2.65 bits per heavy atom. The Balaban J connectivity index is 1.56. The fourth-order valence-corrected chi connectivity index (χ4v) is 4.58. The van der Waals surface area contributed by atoms with Gasteiger partial charge in [0.25, 0.3) is 0 Å². The minimum Gasteiger partial charge on any atom is -0.465 e. The molecule has 0 unspecified atom stereocenters. The maximum Gasteiger partial charge on any atom is 0.117 e. The normalized spacial score (nSPS) is 23.2. The second kappa shape index (κ2) is 6.54. The molecule has 3 rings (SSSR count). The summed E-state index contributed by atoms with van der Waals surface area (Å²) in [7, 11) is 0. The van der Waals surface area contributed by atoms with E-state index in [2.05, 4.69) is 28.0 Å². The van der Waals surface area contributed by atoms with Crippen molar-refractivity contribution in [2.75, 3.05) is 31.1 Å². The minimum absolute atomic E-state index is 0.419. The van der Waals surface area contributed by atoms with Crippen LogP contribution in [0.2, 0.25) is 0 Å². The van der Waals surface area contributed by atoms with Crippen LogP contribution in [0.5, 0.6) is 0 Å². The van der Waals surface area contributed by atoms with Gasteiger partial charge in [0.15, 0.2) is 0 Å². The van der Waals surface area contributed by atoms with Gasteiger partial charge in [-0.3, -0.25) is 4.90 Å². The molecule has 2 aliphatic rings. The molecule has 0 aromatic carbocycles. The average Bonchev–Trinajstić information content (AvgIpc) is 3.10. The zero-order chi connectivity index (χ0) is 13.8. The van der Waals surface area contributed by atoms with Crippen LogP contribution in [0.4, 0.5) is 0 Å². The van der Waals surface area contributed by atoms with Crippen LogP contribution in [-0.2, 0) is 6.54 Å². The second-order valence-corrected chi connectivity index (χ2v) is 7.37. The van der Waals surface area contributed by atoms with Crippen LogP contribution in [0.25, 0.3) is 0 Å². The van der Waals surface area contributed by atoms with Crippen molar-refractivity contribution in [1.82, 2.24) is 10.2 Å². The lowest BCUT2D eigenvalue weighted by molar-refractivity contribution is 0.102. The van der Waals surface area contributed by atoms with Gasteiger partial charge in [-0.25, -0.2) is 0 Å². The minimum atomic E-state index is 0.419. The molecule has 0 atom stereocenters. The van der Waals surface area contributed by atoms with E-state index >= 15 is 0 Å². The number of rotatable bonds is 5. The Morgan fingerprint density at radius 1 is 1.25 bits per heavy atom. The van der Waals surface area contributed by atoms with Crippen molar-refractivity contribution in [1.29, 1.82) is 0 Å². The quantitative estimate of drug-likeness (QED) is 0.903. The topological polar surface area (TPSA) is 28.4 Å². The summed E-state index contributed by atoms with van der Waals surface area (Å²) in [6.45, 7) is 6.52. The summed E-state index contributed by atoms with van der Waals surface area (Å²) in [4.78, 5) is 2.76. The first-order valence-electron chi connectivity index (χ1n) is 7.87. The predicted octanol–water partition coefficient (Wildman–Crippen LogP) is 3.04. The summed E-state index contributed by atoms with van der Waals surface area (Å²) in [5.41, 5.74) is 0.419. The van der Waals surface area contributed by atoms with Crippen molar-refractivity contribution in [2.24, 2.45) is 0 Å². The summed E-state index contributed by atoms with van der Waals surface area (Å²) >= 11 is 2.10. The number of nitrogens with zero attached hydrogens (tertiary/aromatic N) is 1. The Hall–Kier alpha value is -0.450. The predicted molar refractivity (Wildman–Crippen MR) is 85.2 cm³/mol. The standard InChI is InChI=1S/C16H26N2OS/c1-14-4-5-15(19-14)12-17-13-16(6-2-3-7-16)18-8-10-20-11-9-18/h4-5,17H,2-3,6-13H2,1H3. The molecule has 1 aromatic heterocycles. The number of hydrogen-bond acceptors (Lipinski definition) is 4. The third-order valence-corrected chi connectivity index (χ3v) is 5.71. The molecule has 2 heterocycles. The molecule has 4 heteroatoms. The smallest absolute Gasteiger partial charge is 0.117 e. The van der Waals surface area contributed by atoms with Crippen molar-refractivity contribution in [3.8, 4) is 0 Å². The first-order chi connectivity index (χ1) is 9.78. The van der Waals surface area contributed by atoms with Gasteiger partial charge < -0.3 is 9.73 Å². The summed E-state index contributed by atoms with van der Waals surface area (Å²) < 4.78 is 5.65. The van der Waals surface area contributed by atoms with Crippen molar-refractivity contribution in [3.05, 3.63) is 23.7 Å². The van der Waals surface area contributed by atoms with Gasteiger partial charge in [0.1, 0.15) is 11.5 Å². The molecule has 0 radical (unpaired) electrons. The Bertz CT molecular complexity index is 420. The largest absolute Gasteiger partial charge is 0.465 e. The van der Waals surface area contributed by atoms with E-state index in [0.29, 0.717) is 5.54 Å². The Labute approximate surface area is 126 Å². The number of aryl methyl sites for hydroxylation is 1. The third-order valence-electron chi connectivity index (χ3n) is 4.77. The molecule has 0 spiro atoms. The van der Waals surface area contributed by atoms with Crippen LogP contribution < -0.4 is 5.32 Å². The number of hydrogen-bond donors (Lipinski definition) is 1. The fourth-order valence-electron chi connectivity index (χ4n) is 3.67. The molecule has 1 saturated carbocycles. The van der Waals surface area contributed by atoms with E-state index in [-0.39, 0.29) is 0 Å². The molecule has 1 aliphatic carbocycles. The summed E-state index contributed by atoms with van der Waals surface area (Å²) in [5, 5.41) is 3.65. The van der Waals surface area contributed by atoms with E-state index in [9.17, 15) is 0 Å². The highest BCUT2D eigenvalue weighted by Gasteiger charge is 2.39. The molecule has 112 valence electrons. The molecule has 0 amide bonds. The molecular weight excluding hydrogens is 268 g/mol. The van der Waals surface area contributed by atoms with Crippen molar-refractivity contribution in [2.45, 2.75) is 44.7 Å². The van der Waals surface area contributed by atoms with Crippen LogP contribution in [0.15, 0.2) is 16.5 Å². The van der Waals surface area contributed by atoms with Crippen molar-refractivity contribution in [3.63, 3.8) is 0 Å². The molecule has 2 fully saturated rings. The van der Waals surface area contributed by atoms with E-state index in [0.717, 1.165) is 24.6 Å². The van der Waals surface area contributed by atoms with E-state index < -0.39 is 0 Å². The van der Waals surface area contributed by atoms with E-state index in [1.165, 1.54) is 50.3 Å². The Kier molecular flexibility index (Phi) is 4.74. The zero-order valence-corrected chi connectivity index (χ0v) is 13.3. The van der Waals surface area contributed by atoms with Gasteiger partial charge in [0.05, 0.1) is 6.54 Å². The summed E-state index contributed by atoms with van der Waals surface area (Å²) in [6.07, 6.45) is 5.51. The van der Waals surface area contributed by atoms with Crippen LogP contribution >= 0.6 is 11.8 Å². The Morgan fingerprint density at radius 2 is 2.00 bits per heavy atom. The molecular formula is C16H26N2OS. The molecule has 3 nitrogen and oxygen atoms in total. The fraction of sp³-hybridized carbons (Fsp3) is 0.750. The maximum absolute atomic E-state index is 5.65. The van der Waals surface area contributed by atoms with Gasteiger partial charge in [-0.2, -0.15) is 11.8 Å². The maximum atomic E-state index is 5.65. The van der Waals surface area contributed by atoms with Gasteiger partial charge in [-0.1, -0.05) is 12.8 Å². The van der Waals surface area contributed by atoms with Gasteiger partial charge in [-0.05, 0) is 31.9 Å².